The Labute approximate surface area is 187 Å². The van der Waals surface area contributed by atoms with Crippen molar-refractivity contribution >= 4 is 28.3 Å². The highest BCUT2D eigenvalue weighted by Crippen LogP contribution is 2.24. The molecule has 5 rings (SSSR count). The van der Waals surface area contributed by atoms with Gasteiger partial charge in [-0.05, 0) is 48.0 Å². The van der Waals surface area contributed by atoms with Gasteiger partial charge in [-0.25, -0.2) is 4.98 Å². The molecular formula is C25H25ClN4O. The molecule has 1 N–H and O–H groups in total. The van der Waals surface area contributed by atoms with E-state index in [1.807, 2.05) is 30.3 Å². The van der Waals surface area contributed by atoms with E-state index in [9.17, 15) is 5.11 Å². The molecule has 0 unspecified atom stereocenters. The largest absolute Gasteiger partial charge is 0.508 e. The van der Waals surface area contributed by atoms with Crippen molar-refractivity contribution in [2.45, 2.75) is 13.1 Å². The van der Waals surface area contributed by atoms with Crippen molar-refractivity contribution < 1.29 is 5.11 Å². The van der Waals surface area contributed by atoms with Gasteiger partial charge in [0, 0.05) is 43.4 Å². The average molecular weight is 433 g/mol. The van der Waals surface area contributed by atoms with Crippen molar-refractivity contribution in [2.75, 3.05) is 31.1 Å². The van der Waals surface area contributed by atoms with E-state index < -0.39 is 0 Å². The Kier molecular flexibility index (Phi) is 5.53. The molecule has 0 radical (unpaired) electrons. The van der Waals surface area contributed by atoms with Crippen LogP contribution >= 0.6 is 11.6 Å². The summed E-state index contributed by atoms with van der Waals surface area (Å²) < 4.78 is 2.31. The minimum absolute atomic E-state index is 0.305. The summed E-state index contributed by atoms with van der Waals surface area (Å²) in [4.78, 5) is 9.77. The molecule has 3 aromatic carbocycles. The van der Waals surface area contributed by atoms with Gasteiger partial charge in [0.15, 0.2) is 0 Å². The molecule has 1 aliphatic rings. The van der Waals surface area contributed by atoms with E-state index in [-0.39, 0.29) is 0 Å². The minimum Gasteiger partial charge on any atom is -0.508 e. The molecule has 2 heterocycles. The first-order chi connectivity index (χ1) is 15.2. The Morgan fingerprint density at radius 2 is 1.58 bits per heavy atom. The van der Waals surface area contributed by atoms with Crippen molar-refractivity contribution in [3.63, 3.8) is 0 Å². The third-order valence-electron chi connectivity index (χ3n) is 5.93. The fourth-order valence-electron chi connectivity index (χ4n) is 4.24. The highest BCUT2D eigenvalue weighted by atomic mass is 35.5. The molecule has 4 aromatic rings. The Bertz CT molecular complexity index is 1170. The van der Waals surface area contributed by atoms with Gasteiger partial charge in [-0.1, -0.05) is 41.9 Å². The Balaban J connectivity index is 1.35. The zero-order valence-corrected chi connectivity index (χ0v) is 18.0. The highest BCUT2D eigenvalue weighted by Gasteiger charge is 2.20. The van der Waals surface area contributed by atoms with Gasteiger partial charge in [0.2, 0.25) is 0 Å². The van der Waals surface area contributed by atoms with Gasteiger partial charge in [-0.2, -0.15) is 0 Å². The Hall–Kier alpha value is -3.02. The van der Waals surface area contributed by atoms with Crippen LogP contribution < -0.4 is 4.90 Å². The topological polar surface area (TPSA) is 44.5 Å². The molecule has 31 heavy (non-hydrogen) atoms. The number of phenols is 1. The van der Waals surface area contributed by atoms with Crippen LogP contribution in [-0.4, -0.2) is 45.7 Å². The predicted octanol–water partition coefficient (Wildman–Crippen LogP) is 4.77. The molecule has 0 spiro atoms. The summed E-state index contributed by atoms with van der Waals surface area (Å²) in [6, 6.07) is 23.9. The van der Waals surface area contributed by atoms with Gasteiger partial charge >= 0.3 is 0 Å². The number of phenolic OH excluding ortho intramolecular Hbond substituents is 1. The zero-order chi connectivity index (χ0) is 21.2. The fourth-order valence-corrected chi connectivity index (χ4v) is 4.41. The molecular weight excluding hydrogens is 408 g/mol. The number of halogens is 1. The van der Waals surface area contributed by atoms with Gasteiger partial charge < -0.3 is 14.6 Å². The van der Waals surface area contributed by atoms with E-state index in [0.717, 1.165) is 61.8 Å². The van der Waals surface area contributed by atoms with Crippen LogP contribution in [-0.2, 0) is 13.1 Å². The van der Waals surface area contributed by atoms with Crippen LogP contribution in [0.2, 0.25) is 5.02 Å². The molecule has 0 saturated carbocycles. The van der Waals surface area contributed by atoms with Crippen LogP contribution in [0.5, 0.6) is 5.75 Å². The van der Waals surface area contributed by atoms with Crippen molar-refractivity contribution in [3.05, 3.63) is 89.2 Å². The number of hydrogen-bond donors (Lipinski definition) is 1. The highest BCUT2D eigenvalue weighted by molar-refractivity contribution is 6.31. The Morgan fingerprint density at radius 1 is 0.839 bits per heavy atom. The molecule has 1 aliphatic heterocycles. The summed E-state index contributed by atoms with van der Waals surface area (Å²) in [5.41, 5.74) is 4.48. The number of piperazine rings is 1. The third-order valence-corrected chi connectivity index (χ3v) is 6.16. The van der Waals surface area contributed by atoms with Crippen LogP contribution in [0.4, 0.5) is 5.69 Å². The molecule has 0 atom stereocenters. The second-order valence-corrected chi connectivity index (χ2v) is 8.45. The number of benzene rings is 3. The summed E-state index contributed by atoms with van der Waals surface area (Å²) in [6.45, 7) is 5.45. The molecule has 6 heteroatoms. The molecule has 1 aromatic heterocycles. The van der Waals surface area contributed by atoms with Gasteiger partial charge in [-0.15, -0.1) is 0 Å². The second-order valence-electron chi connectivity index (χ2n) is 8.01. The van der Waals surface area contributed by atoms with E-state index in [4.69, 9.17) is 16.6 Å². The molecule has 1 fully saturated rings. The van der Waals surface area contributed by atoms with E-state index in [1.165, 1.54) is 5.56 Å². The second kappa shape index (κ2) is 8.61. The smallest absolute Gasteiger partial charge is 0.124 e. The van der Waals surface area contributed by atoms with Crippen LogP contribution in [0.3, 0.4) is 0 Å². The average Bonchev–Trinajstić information content (AvgIpc) is 3.11. The lowest BCUT2D eigenvalue weighted by Gasteiger charge is -2.36. The maximum absolute atomic E-state index is 9.53. The van der Waals surface area contributed by atoms with Crippen molar-refractivity contribution in [1.82, 2.24) is 14.5 Å². The number of imidazole rings is 1. The normalized spacial score (nSPS) is 14.9. The molecule has 0 bridgehead atoms. The van der Waals surface area contributed by atoms with Crippen molar-refractivity contribution in [2.24, 2.45) is 0 Å². The summed E-state index contributed by atoms with van der Waals surface area (Å²) in [6.07, 6.45) is 0. The van der Waals surface area contributed by atoms with E-state index in [2.05, 4.69) is 44.7 Å². The SMILES string of the molecule is Oc1ccc(N2CCN(Cc3nc4cc(Cl)ccc4n3Cc3ccccc3)CC2)cc1. The van der Waals surface area contributed by atoms with E-state index in [0.29, 0.717) is 10.8 Å². The predicted molar refractivity (Wildman–Crippen MR) is 126 cm³/mol. The lowest BCUT2D eigenvalue weighted by atomic mass is 10.2. The first kappa shape index (κ1) is 19.9. The zero-order valence-electron chi connectivity index (χ0n) is 17.3. The monoisotopic (exact) mass is 432 g/mol. The minimum atomic E-state index is 0.305. The maximum Gasteiger partial charge on any atom is 0.124 e. The molecule has 0 amide bonds. The molecule has 5 nitrogen and oxygen atoms in total. The van der Waals surface area contributed by atoms with E-state index in [1.54, 1.807) is 12.1 Å². The quantitative estimate of drug-likeness (QED) is 0.493. The van der Waals surface area contributed by atoms with Crippen LogP contribution in [0.15, 0.2) is 72.8 Å². The van der Waals surface area contributed by atoms with Gasteiger partial charge in [0.05, 0.1) is 17.6 Å². The summed E-state index contributed by atoms with van der Waals surface area (Å²) in [7, 11) is 0. The third kappa shape index (κ3) is 4.38. The Morgan fingerprint density at radius 3 is 2.32 bits per heavy atom. The molecule has 1 saturated heterocycles. The summed E-state index contributed by atoms with van der Waals surface area (Å²) in [5.74, 6) is 1.37. The van der Waals surface area contributed by atoms with Gasteiger partial charge in [0.25, 0.3) is 0 Å². The lowest BCUT2D eigenvalue weighted by molar-refractivity contribution is 0.241. The first-order valence-electron chi connectivity index (χ1n) is 10.6. The number of aromatic nitrogens is 2. The lowest BCUT2D eigenvalue weighted by Crippen LogP contribution is -2.46. The van der Waals surface area contributed by atoms with Crippen LogP contribution in [0.25, 0.3) is 11.0 Å². The number of fused-ring (bicyclic) bond motifs is 1. The summed E-state index contributed by atoms with van der Waals surface area (Å²) in [5, 5.41) is 10.2. The van der Waals surface area contributed by atoms with Crippen molar-refractivity contribution in [3.8, 4) is 5.75 Å². The van der Waals surface area contributed by atoms with Crippen LogP contribution in [0, 0.1) is 0 Å². The van der Waals surface area contributed by atoms with Gasteiger partial charge in [0.1, 0.15) is 11.6 Å². The number of anilines is 1. The van der Waals surface area contributed by atoms with E-state index >= 15 is 0 Å². The maximum atomic E-state index is 9.53. The standard InChI is InChI=1S/C25H25ClN4O/c26-20-6-11-24-23(16-20)27-25(30(24)17-19-4-2-1-3-5-19)18-28-12-14-29(15-13-28)21-7-9-22(31)10-8-21/h1-11,16,31H,12-15,17-18H2. The van der Waals surface area contributed by atoms with Crippen LogP contribution in [0.1, 0.15) is 11.4 Å². The summed E-state index contributed by atoms with van der Waals surface area (Å²) >= 11 is 6.24. The molecule has 0 aliphatic carbocycles. The number of rotatable bonds is 5. The number of hydrogen-bond acceptors (Lipinski definition) is 4. The van der Waals surface area contributed by atoms with Crippen molar-refractivity contribution in [1.29, 1.82) is 0 Å². The fraction of sp³-hybridized carbons (Fsp3) is 0.240. The number of nitrogens with zero attached hydrogens (tertiary/aromatic N) is 4. The first-order valence-corrected chi connectivity index (χ1v) is 11.0. The van der Waals surface area contributed by atoms with Gasteiger partial charge in [-0.3, -0.25) is 4.90 Å². The number of aromatic hydroxyl groups is 1. The molecule has 158 valence electrons.